The van der Waals surface area contributed by atoms with Crippen molar-refractivity contribution in [2.24, 2.45) is 0 Å². The minimum Gasteiger partial charge on any atom is -0.298 e. The molecule has 12 heavy (non-hydrogen) atoms. The van der Waals surface area contributed by atoms with Gasteiger partial charge in [-0.2, -0.15) is 0 Å². The van der Waals surface area contributed by atoms with Crippen LogP contribution >= 0.6 is 23.2 Å². The monoisotopic (exact) mass is 202 g/mol. The first kappa shape index (κ1) is 9.49. The average Bonchev–Trinajstić information content (AvgIpc) is 2.08. The van der Waals surface area contributed by atoms with E-state index < -0.39 is 0 Å². The Morgan fingerprint density at radius 1 is 0.833 bits per heavy atom. The summed E-state index contributed by atoms with van der Waals surface area (Å²) < 4.78 is 0. The van der Waals surface area contributed by atoms with Gasteiger partial charge in [-0.15, -0.1) is 0 Å². The molecule has 0 heterocycles. The van der Waals surface area contributed by atoms with Gasteiger partial charge in [0.25, 0.3) is 0 Å². The summed E-state index contributed by atoms with van der Waals surface area (Å²) in [6.07, 6.45) is 0. The van der Waals surface area contributed by atoms with Crippen molar-refractivity contribution in [1.29, 1.82) is 10.8 Å². The SMILES string of the molecule is CC1=C(Cl)C(Cl)=C(C)C(=N)C1=N. The van der Waals surface area contributed by atoms with Gasteiger partial charge in [0, 0.05) is 0 Å². The number of hydrogen-bond donors (Lipinski definition) is 2. The van der Waals surface area contributed by atoms with Crippen LogP contribution in [0.2, 0.25) is 0 Å². The second-order valence-electron chi connectivity index (χ2n) is 2.63. The maximum Gasteiger partial charge on any atom is 0.0837 e. The van der Waals surface area contributed by atoms with E-state index in [-0.39, 0.29) is 11.4 Å². The summed E-state index contributed by atoms with van der Waals surface area (Å²) in [4.78, 5) is 0. The van der Waals surface area contributed by atoms with Crippen molar-refractivity contribution in [1.82, 2.24) is 0 Å². The summed E-state index contributed by atoms with van der Waals surface area (Å²) in [5.74, 6) is 0. The van der Waals surface area contributed by atoms with Gasteiger partial charge in [0.1, 0.15) is 0 Å². The van der Waals surface area contributed by atoms with E-state index in [1.807, 2.05) is 0 Å². The van der Waals surface area contributed by atoms with Gasteiger partial charge < -0.3 is 0 Å². The molecule has 2 N–H and O–H groups in total. The van der Waals surface area contributed by atoms with Gasteiger partial charge in [0.2, 0.25) is 0 Å². The highest BCUT2D eigenvalue weighted by atomic mass is 35.5. The lowest BCUT2D eigenvalue weighted by atomic mass is 9.96. The molecule has 0 atom stereocenters. The second-order valence-corrected chi connectivity index (χ2v) is 3.38. The topological polar surface area (TPSA) is 47.7 Å². The van der Waals surface area contributed by atoms with Crippen LogP contribution < -0.4 is 0 Å². The van der Waals surface area contributed by atoms with E-state index in [1.165, 1.54) is 0 Å². The maximum atomic E-state index is 7.49. The lowest BCUT2D eigenvalue weighted by Gasteiger charge is -2.16. The molecule has 0 aromatic heterocycles. The number of hydrogen-bond acceptors (Lipinski definition) is 2. The molecule has 2 nitrogen and oxygen atoms in total. The molecule has 0 spiro atoms. The van der Waals surface area contributed by atoms with Gasteiger partial charge in [0.05, 0.1) is 21.5 Å². The van der Waals surface area contributed by atoms with Gasteiger partial charge in [-0.3, -0.25) is 10.8 Å². The molecule has 0 fully saturated rings. The predicted octanol–water partition coefficient (Wildman–Crippen LogP) is 3.07. The third kappa shape index (κ3) is 1.21. The average molecular weight is 203 g/mol. The van der Waals surface area contributed by atoms with Crippen molar-refractivity contribution in [3.8, 4) is 0 Å². The fourth-order valence-corrected chi connectivity index (χ4v) is 1.40. The van der Waals surface area contributed by atoms with Crippen LogP contribution in [-0.2, 0) is 0 Å². The molecule has 0 aromatic rings. The first-order valence-electron chi connectivity index (χ1n) is 3.38. The third-order valence-corrected chi connectivity index (χ3v) is 2.89. The Kier molecular flexibility index (Phi) is 2.40. The van der Waals surface area contributed by atoms with Crippen LogP contribution in [0.4, 0.5) is 0 Å². The van der Waals surface area contributed by atoms with E-state index in [9.17, 15) is 0 Å². The highest BCUT2D eigenvalue weighted by molar-refractivity contribution is 6.59. The summed E-state index contributed by atoms with van der Waals surface area (Å²) in [5, 5.41) is 15.8. The Labute approximate surface area is 80.9 Å². The van der Waals surface area contributed by atoms with Gasteiger partial charge in [-0.25, -0.2) is 0 Å². The first-order valence-corrected chi connectivity index (χ1v) is 4.13. The zero-order chi connectivity index (χ0) is 9.46. The highest BCUT2D eigenvalue weighted by Crippen LogP contribution is 2.31. The van der Waals surface area contributed by atoms with E-state index in [1.54, 1.807) is 13.8 Å². The predicted molar refractivity (Wildman–Crippen MR) is 52.6 cm³/mol. The molecule has 1 aliphatic rings. The van der Waals surface area contributed by atoms with Crippen LogP contribution in [0.1, 0.15) is 13.8 Å². The normalized spacial score (nSPS) is 19.3. The minimum absolute atomic E-state index is 0.155. The van der Waals surface area contributed by atoms with E-state index in [4.69, 9.17) is 34.0 Å². The number of allylic oxidation sites excluding steroid dienone is 4. The molecule has 0 saturated carbocycles. The third-order valence-electron chi connectivity index (χ3n) is 1.85. The standard InChI is InChI=1S/C8H8Cl2N2/c1-3-5(9)6(10)4(2)8(12)7(3)11/h11-12H,1-2H3. The molecular formula is C8H8Cl2N2. The molecule has 0 aromatic carbocycles. The van der Waals surface area contributed by atoms with Crippen molar-refractivity contribution < 1.29 is 0 Å². The summed E-state index contributed by atoms with van der Waals surface area (Å²) >= 11 is 11.6. The molecule has 4 heteroatoms. The Hall–Kier alpha value is -0.600. The lowest BCUT2D eigenvalue weighted by Crippen LogP contribution is -2.20. The smallest absolute Gasteiger partial charge is 0.0837 e. The van der Waals surface area contributed by atoms with Gasteiger partial charge >= 0.3 is 0 Å². The molecule has 1 aliphatic carbocycles. The largest absolute Gasteiger partial charge is 0.298 e. The minimum atomic E-state index is 0.155. The molecule has 0 aliphatic heterocycles. The molecule has 0 saturated heterocycles. The van der Waals surface area contributed by atoms with Gasteiger partial charge in [-0.1, -0.05) is 23.2 Å². The van der Waals surface area contributed by atoms with Crippen LogP contribution in [0.5, 0.6) is 0 Å². The zero-order valence-corrected chi connectivity index (χ0v) is 8.27. The fraction of sp³-hybridized carbons (Fsp3) is 0.250. The fourth-order valence-electron chi connectivity index (χ4n) is 0.924. The van der Waals surface area contributed by atoms with Crippen LogP contribution in [0.15, 0.2) is 21.2 Å². The Morgan fingerprint density at radius 3 is 1.33 bits per heavy atom. The van der Waals surface area contributed by atoms with E-state index in [0.29, 0.717) is 21.2 Å². The van der Waals surface area contributed by atoms with Crippen LogP contribution in [0.3, 0.4) is 0 Å². The number of halogens is 2. The van der Waals surface area contributed by atoms with E-state index >= 15 is 0 Å². The molecule has 0 bridgehead atoms. The molecular weight excluding hydrogens is 195 g/mol. The second kappa shape index (κ2) is 3.04. The summed E-state index contributed by atoms with van der Waals surface area (Å²) in [6, 6.07) is 0. The van der Waals surface area contributed by atoms with Crippen molar-refractivity contribution in [3.05, 3.63) is 21.2 Å². The molecule has 0 unspecified atom stereocenters. The highest BCUT2D eigenvalue weighted by Gasteiger charge is 2.22. The van der Waals surface area contributed by atoms with E-state index in [0.717, 1.165) is 0 Å². The first-order chi connectivity index (χ1) is 5.46. The van der Waals surface area contributed by atoms with Crippen molar-refractivity contribution in [3.63, 3.8) is 0 Å². The molecule has 0 amide bonds. The number of nitrogens with one attached hydrogen (secondary N) is 2. The lowest BCUT2D eigenvalue weighted by molar-refractivity contribution is 1.37. The molecule has 1 rings (SSSR count). The summed E-state index contributed by atoms with van der Waals surface area (Å²) in [5.41, 5.74) is 1.44. The Bertz CT molecular complexity index is 288. The maximum absolute atomic E-state index is 7.49. The quantitative estimate of drug-likeness (QED) is 0.568. The van der Waals surface area contributed by atoms with Crippen LogP contribution in [-0.4, -0.2) is 11.4 Å². The summed E-state index contributed by atoms with van der Waals surface area (Å²) in [6.45, 7) is 3.38. The Balaban J connectivity index is 3.37. The van der Waals surface area contributed by atoms with Gasteiger partial charge in [0.15, 0.2) is 0 Å². The zero-order valence-electron chi connectivity index (χ0n) is 6.76. The van der Waals surface area contributed by atoms with Crippen LogP contribution in [0.25, 0.3) is 0 Å². The van der Waals surface area contributed by atoms with Crippen molar-refractivity contribution in [2.75, 3.05) is 0 Å². The number of rotatable bonds is 0. The summed E-state index contributed by atoms with van der Waals surface area (Å²) in [7, 11) is 0. The Morgan fingerprint density at radius 2 is 1.08 bits per heavy atom. The van der Waals surface area contributed by atoms with Crippen LogP contribution in [0, 0.1) is 10.8 Å². The van der Waals surface area contributed by atoms with Crippen molar-refractivity contribution in [2.45, 2.75) is 13.8 Å². The van der Waals surface area contributed by atoms with Gasteiger partial charge in [-0.05, 0) is 25.0 Å². The van der Waals surface area contributed by atoms with E-state index in [2.05, 4.69) is 0 Å². The molecule has 64 valence electrons. The van der Waals surface area contributed by atoms with Crippen molar-refractivity contribution >= 4 is 34.6 Å². The molecule has 0 radical (unpaired) electrons.